The van der Waals surface area contributed by atoms with Gasteiger partial charge in [-0.1, -0.05) is 35.6 Å². The molecule has 1 atom stereocenters. The maximum atomic E-state index is 12.0. The molecule has 0 radical (unpaired) electrons. The number of thiocarbonyl (C=S) groups is 1. The number of nitrogens with zero attached hydrogens (tertiary/aromatic N) is 2. The van der Waals surface area contributed by atoms with Crippen molar-refractivity contribution in [2.24, 2.45) is 0 Å². The smallest absolute Gasteiger partial charge is 0.238 e. The Labute approximate surface area is 134 Å². The fraction of sp³-hybridized carbons (Fsp3) is 0.462. The van der Waals surface area contributed by atoms with E-state index in [1.807, 2.05) is 25.7 Å². The van der Waals surface area contributed by atoms with Crippen molar-refractivity contribution in [3.05, 3.63) is 23.4 Å². The number of amides is 1. The second-order valence-corrected chi connectivity index (χ2v) is 6.46. The Morgan fingerprint density at radius 1 is 1.50 bits per heavy atom. The average molecular weight is 332 g/mol. The maximum Gasteiger partial charge on any atom is 0.238 e. The van der Waals surface area contributed by atoms with Crippen molar-refractivity contribution in [1.82, 2.24) is 9.88 Å². The van der Waals surface area contributed by atoms with Crippen molar-refractivity contribution in [2.45, 2.75) is 26.0 Å². The second kappa shape index (κ2) is 8.44. The molecule has 0 aliphatic carbocycles. The van der Waals surface area contributed by atoms with Crippen LogP contribution in [-0.4, -0.2) is 38.5 Å². The number of hydrogen-bond acceptors (Lipinski definition) is 4. The van der Waals surface area contributed by atoms with Crippen LogP contribution in [0.3, 0.4) is 0 Å². The fourth-order valence-corrected chi connectivity index (χ4v) is 3.12. The van der Waals surface area contributed by atoms with Crippen LogP contribution in [0.2, 0.25) is 5.02 Å². The molecule has 1 N–H and O–H groups in total. The SMILES string of the molecule is CCN(CC)C(=S)SC(C)C(=O)Nc1ccc(Cl)cn1. The lowest BCUT2D eigenvalue weighted by atomic mass is 10.4. The highest BCUT2D eigenvalue weighted by atomic mass is 35.5. The molecular weight excluding hydrogens is 314 g/mol. The number of nitrogens with one attached hydrogen (secondary N) is 1. The number of rotatable bonds is 5. The molecule has 1 amide bonds. The molecule has 4 nitrogen and oxygen atoms in total. The molecule has 20 heavy (non-hydrogen) atoms. The third-order valence-corrected chi connectivity index (χ3v) is 4.45. The summed E-state index contributed by atoms with van der Waals surface area (Å²) in [6.07, 6.45) is 1.50. The topological polar surface area (TPSA) is 45.2 Å². The Kier molecular flexibility index (Phi) is 7.26. The summed E-state index contributed by atoms with van der Waals surface area (Å²) in [5.41, 5.74) is 0. The monoisotopic (exact) mass is 331 g/mol. The number of thioether (sulfide) groups is 1. The second-order valence-electron chi connectivity index (χ2n) is 4.05. The number of anilines is 1. The molecule has 110 valence electrons. The summed E-state index contributed by atoms with van der Waals surface area (Å²) in [7, 11) is 0. The van der Waals surface area contributed by atoms with Crippen LogP contribution >= 0.6 is 35.6 Å². The van der Waals surface area contributed by atoms with E-state index in [1.54, 1.807) is 12.1 Å². The first-order valence-electron chi connectivity index (χ1n) is 6.35. The maximum absolute atomic E-state index is 12.0. The zero-order valence-electron chi connectivity index (χ0n) is 11.7. The quantitative estimate of drug-likeness (QED) is 0.838. The zero-order valence-corrected chi connectivity index (χ0v) is 14.1. The van der Waals surface area contributed by atoms with Gasteiger partial charge in [-0.05, 0) is 32.9 Å². The van der Waals surface area contributed by atoms with E-state index in [0.717, 1.165) is 17.4 Å². The van der Waals surface area contributed by atoms with Gasteiger partial charge >= 0.3 is 0 Å². The summed E-state index contributed by atoms with van der Waals surface area (Å²) in [6, 6.07) is 3.35. The van der Waals surface area contributed by atoms with E-state index in [-0.39, 0.29) is 11.2 Å². The minimum atomic E-state index is -0.277. The molecular formula is C13H18ClN3OS2. The van der Waals surface area contributed by atoms with E-state index in [2.05, 4.69) is 10.3 Å². The van der Waals surface area contributed by atoms with E-state index < -0.39 is 0 Å². The van der Waals surface area contributed by atoms with Crippen LogP contribution in [0, 0.1) is 0 Å². The minimum absolute atomic E-state index is 0.126. The van der Waals surface area contributed by atoms with Gasteiger partial charge in [0.1, 0.15) is 10.1 Å². The first kappa shape index (κ1) is 17.2. The van der Waals surface area contributed by atoms with E-state index in [4.69, 9.17) is 23.8 Å². The van der Waals surface area contributed by atoms with Crippen LogP contribution in [0.15, 0.2) is 18.3 Å². The lowest BCUT2D eigenvalue weighted by Crippen LogP contribution is -2.31. The van der Waals surface area contributed by atoms with Crippen molar-refractivity contribution < 1.29 is 4.79 Å². The van der Waals surface area contributed by atoms with E-state index >= 15 is 0 Å². The molecule has 1 aromatic rings. The summed E-state index contributed by atoms with van der Waals surface area (Å²) in [5.74, 6) is 0.361. The van der Waals surface area contributed by atoms with Gasteiger partial charge in [-0.15, -0.1) is 0 Å². The highest BCUT2D eigenvalue weighted by molar-refractivity contribution is 8.23. The number of carbonyl (C=O) groups excluding carboxylic acids is 1. The van der Waals surface area contributed by atoms with Crippen LogP contribution < -0.4 is 5.32 Å². The first-order valence-corrected chi connectivity index (χ1v) is 8.02. The summed E-state index contributed by atoms with van der Waals surface area (Å²) in [6.45, 7) is 7.59. The van der Waals surface area contributed by atoms with Gasteiger partial charge in [0.15, 0.2) is 0 Å². The Balaban J connectivity index is 2.54. The predicted molar refractivity (Wildman–Crippen MR) is 90.4 cm³/mol. The largest absolute Gasteiger partial charge is 0.358 e. The number of aromatic nitrogens is 1. The molecule has 7 heteroatoms. The number of halogens is 1. The third-order valence-electron chi connectivity index (χ3n) is 2.65. The van der Waals surface area contributed by atoms with Gasteiger partial charge in [0.25, 0.3) is 0 Å². The molecule has 1 aromatic heterocycles. The highest BCUT2D eigenvalue weighted by Gasteiger charge is 2.18. The molecule has 0 bridgehead atoms. The average Bonchev–Trinajstić information content (AvgIpc) is 2.42. The van der Waals surface area contributed by atoms with Crippen LogP contribution in [0.4, 0.5) is 5.82 Å². The van der Waals surface area contributed by atoms with Gasteiger partial charge in [-0.2, -0.15) is 0 Å². The van der Waals surface area contributed by atoms with Gasteiger partial charge < -0.3 is 10.2 Å². The third kappa shape index (κ3) is 5.26. The molecule has 1 rings (SSSR count). The number of carbonyl (C=O) groups is 1. The van der Waals surface area contributed by atoms with Crippen molar-refractivity contribution in [3.63, 3.8) is 0 Å². The van der Waals surface area contributed by atoms with Crippen molar-refractivity contribution in [1.29, 1.82) is 0 Å². The van der Waals surface area contributed by atoms with Crippen LogP contribution in [-0.2, 0) is 4.79 Å². The van der Waals surface area contributed by atoms with Gasteiger partial charge in [-0.25, -0.2) is 4.98 Å². The van der Waals surface area contributed by atoms with Crippen molar-refractivity contribution in [2.75, 3.05) is 18.4 Å². The summed E-state index contributed by atoms with van der Waals surface area (Å²) < 4.78 is 0.738. The van der Waals surface area contributed by atoms with Gasteiger partial charge in [-0.3, -0.25) is 4.79 Å². The Bertz CT molecular complexity index is 463. The predicted octanol–water partition coefficient (Wildman–Crippen LogP) is 3.42. The lowest BCUT2D eigenvalue weighted by Gasteiger charge is -2.22. The molecule has 0 aliphatic rings. The zero-order chi connectivity index (χ0) is 15.1. The van der Waals surface area contributed by atoms with Crippen LogP contribution in [0.1, 0.15) is 20.8 Å². The minimum Gasteiger partial charge on any atom is -0.358 e. The lowest BCUT2D eigenvalue weighted by molar-refractivity contribution is -0.115. The summed E-state index contributed by atoms with van der Waals surface area (Å²) in [5, 5.41) is 3.00. The normalized spacial score (nSPS) is 11.8. The van der Waals surface area contributed by atoms with Gasteiger partial charge in [0.05, 0.1) is 10.3 Å². The van der Waals surface area contributed by atoms with E-state index in [9.17, 15) is 4.79 Å². The molecule has 0 spiro atoms. The van der Waals surface area contributed by atoms with Gasteiger partial charge in [0.2, 0.25) is 5.91 Å². The Morgan fingerprint density at radius 3 is 2.65 bits per heavy atom. The van der Waals surface area contributed by atoms with E-state index in [1.165, 1.54) is 18.0 Å². The Morgan fingerprint density at radius 2 is 2.15 bits per heavy atom. The van der Waals surface area contributed by atoms with Crippen LogP contribution in [0.5, 0.6) is 0 Å². The summed E-state index contributed by atoms with van der Waals surface area (Å²) in [4.78, 5) is 18.1. The highest BCUT2D eigenvalue weighted by Crippen LogP contribution is 2.18. The molecule has 0 fully saturated rings. The summed E-state index contributed by atoms with van der Waals surface area (Å²) >= 11 is 12.5. The molecule has 0 aliphatic heterocycles. The standard InChI is InChI=1S/C13H18ClN3OS2/c1-4-17(5-2)13(19)20-9(3)12(18)16-11-7-6-10(14)8-15-11/h6-9H,4-5H2,1-3H3,(H,15,16,18). The Hall–Kier alpha value is -0.850. The molecule has 0 aromatic carbocycles. The van der Waals surface area contributed by atoms with Crippen molar-refractivity contribution in [3.8, 4) is 0 Å². The molecule has 1 unspecified atom stereocenters. The number of pyridine rings is 1. The molecule has 0 saturated heterocycles. The first-order chi connectivity index (χ1) is 9.47. The number of hydrogen-bond donors (Lipinski definition) is 1. The van der Waals surface area contributed by atoms with Crippen LogP contribution in [0.25, 0.3) is 0 Å². The van der Waals surface area contributed by atoms with E-state index in [0.29, 0.717) is 10.8 Å². The van der Waals surface area contributed by atoms with Gasteiger partial charge in [0, 0.05) is 19.3 Å². The fourth-order valence-electron chi connectivity index (χ4n) is 1.44. The molecule has 1 heterocycles. The molecule has 0 saturated carbocycles. The van der Waals surface area contributed by atoms with Crippen molar-refractivity contribution >= 4 is 51.6 Å².